The summed E-state index contributed by atoms with van der Waals surface area (Å²) >= 11 is 5.83. The second-order valence-electron chi connectivity index (χ2n) is 7.79. The molecule has 2 aromatic carbocycles. The number of methoxy groups -OCH3 is 2. The van der Waals surface area contributed by atoms with E-state index in [1.165, 1.54) is 6.07 Å². The molecule has 0 radical (unpaired) electrons. The highest BCUT2D eigenvalue weighted by molar-refractivity contribution is 7.80. The summed E-state index contributed by atoms with van der Waals surface area (Å²) in [6, 6.07) is 21.3. The molecule has 172 valence electrons. The fourth-order valence-electron chi connectivity index (χ4n) is 4.40. The summed E-state index contributed by atoms with van der Waals surface area (Å²) in [6.07, 6.45) is 3.60. The maximum atomic E-state index is 14.8. The summed E-state index contributed by atoms with van der Waals surface area (Å²) in [4.78, 5) is 6.58. The summed E-state index contributed by atoms with van der Waals surface area (Å²) < 4.78 is 27.8. The number of rotatable bonds is 6. The molecule has 0 amide bonds. The van der Waals surface area contributed by atoms with Crippen LogP contribution in [0.5, 0.6) is 11.5 Å². The predicted octanol–water partition coefficient (Wildman–Crippen LogP) is 5.21. The lowest BCUT2D eigenvalue weighted by Gasteiger charge is -2.30. The lowest BCUT2D eigenvalue weighted by Crippen LogP contribution is -2.30. The van der Waals surface area contributed by atoms with Crippen LogP contribution in [-0.4, -0.2) is 28.9 Å². The second kappa shape index (κ2) is 9.15. The number of anilines is 1. The number of halogens is 1. The molecule has 1 saturated heterocycles. The number of ether oxygens (including phenoxy) is 2. The Hall–Kier alpha value is -3.91. The van der Waals surface area contributed by atoms with Gasteiger partial charge >= 0.3 is 0 Å². The fourth-order valence-corrected chi connectivity index (χ4v) is 4.74. The van der Waals surface area contributed by atoms with Crippen molar-refractivity contribution in [3.05, 3.63) is 102 Å². The summed E-state index contributed by atoms with van der Waals surface area (Å²) in [7, 11) is 3.23. The molecule has 6 nitrogen and oxygen atoms in total. The molecule has 8 heteroatoms. The Bertz CT molecular complexity index is 1330. The van der Waals surface area contributed by atoms with Gasteiger partial charge in [-0.2, -0.15) is 0 Å². The van der Waals surface area contributed by atoms with Gasteiger partial charge in [-0.3, -0.25) is 4.98 Å². The monoisotopic (exact) mass is 474 g/mol. The number of nitrogens with one attached hydrogen (secondary N) is 1. The van der Waals surface area contributed by atoms with Crippen molar-refractivity contribution >= 4 is 23.0 Å². The Balaban J connectivity index is 1.72. The quantitative estimate of drug-likeness (QED) is 0.388. The van der Waals surface area contributed by atoms with E-state index in [2.05, 4.69) is 10.3 Å². The van der Waals surface area contributed by atoms with Gasteiger partial charge < -0.3 is 24.3 Å². The van der Waals surface area contributed by atoms with Crippen molar-refractivity contribution in [3.63, 3.8) is 0 Å². The first-order valence-corrected chi connectivity index (χ1v) is 11.2. The number of pyridine rings is 1. The molecule has 1 aliphatic rings. The molecule has 0 bridgehead atoms. The average Bonchev–Trinajstić information content (AvgIpc) is 3.48. The molecule has 1 fully saturated rings. The summed E-state index contributed by atoms with van der Waals surface area (Å²) in [6.45, 7) is 0. The van der Waals surface area contributed by atoms with E-state index >= 15 is 0 Å². The number of hydrogen-bond donors (Lipinski definition) is 1. The van der Waals surface area contributed by atoms with Gasteiger partial charge in [-0.25, -0.2) is 4.39 Å². The Morgan fingerprint density at radius 2 is 1.76 bits per heavy atom. The topological polar surface area (TPSA) is 51.6 Å². The van der Waals surface area contributed by atoms with Crippen molar-refractivity contribution < 1.29 is 13.9 Å². The standard InChI is InChI=1S/C26H23FN4O2S/c1-32-17-12-13-23(33-2)22(16-17)31-25(24(29-26(31)34)19-9-5-6-14-28-19)21-11-7-15-30(21)20-10-4-3-8-18(20)27/h3-16,24-25H,1-2H3,(H,29,34)/t24-,25+/m0/s1. The van der Waals surface area contributed by atoms with Gasteiger partial charge in [0.1, 0.15) is 23.4 Å². The molecule has 4 aromatic rings. The highest BCUT2D eigenvalue weighted by Gasteiger charge is 2.43. The zero-order chi connectivity index (χ0) is 23.7. The minimum atomic E-state index is -0.349. The van der Waals surface area contributed by atoms with E-state index in [1.807, 2.05) is 70.3 Å². The van der Waals surface area contributed by atoms with Gasteiger partial charge in [-0.15, -0.1) is 0 Å². The number of hydrogen-bond acceptors (Lipinski definition) is 4. The van der Waals surface area contributed by atoms with Crippen LogP contribution in [0, 0.1) is 5.82 Å². The first-order chi connectivity index (χ1) is 16.6. The summed E-state index contributed by atoms with van der Waals surface area (Å²) in [5.41, 5.74) is 2.86. The van der Waals surface area contributed by atoms with Crippen molar-refractivity contribution in [2.24, 2.45) is 0 Å². The van der Waals surface area contributed by atoms with Crippen molar-refractivity contribution in [2.45, 2.75) is 12.1 Å². The highest BCUT2D eigenvalue weighted by atomic mass is 32.1. The van der Waals surface area contributed by atoms with Gasteiger partial charge in [-0.1, -0.05) is 18.2 Å². The van der Waals surface area contributed by atoms with Crippen LogP contribution in [0.1, 0.15) is 23.5 Å². The minimum Gasteiger partial charge on any atom is -0.497 e. The van der Waals surface area contributed by atoms with Gasteiger partial charge in [0.05, 0.1) is 37.3 Å². The molecular weight excluding hydrogens is 451 g/mol. The third kappa shape index (κ3) is 3.76. The fraction of sp³-hybridized carbons (Fsp3) is 0.154. The van der Waals surface area contributed by atoms with Gasteiger partial charge in [0, 0.05) is 24.2 Å². The molecule has 3 heterocycles. The van der Waals surface area contributed by atoms with Gasteiger partial charge in [0.25, 0.3) is 0 Å². The van der Waals surface area contributed by atoms with E-state index in [0.717, 1.165) is 17.1 Å². The molecule has 0 unspecified atom stereocenters. The van der Waals surface area contributed by atoms with E-state index in [0.29, 0.717) is 22.3 Å². The molecule has 0 spiro atoms. The second-order valence-corrected chi connectivity index (χ2v) is 8.18. The maximum Gasteiger partial charge on any atom is 0.174 e. The third-order valence-corrected chi connectivity index (χ3v) is 6.25. The number of aromatic nitrogens is 2. The summed E-state index contributed by atoms with van der Waals surface area (Å²) in [5.74, 6) is 0.997. The van der Waals surface area contributed by atoms with Crippen molar-refractivity contribution in [3.8, 4) is 17.2 Å². The van der Waals surface area contributed by atoms with Crippen LogP contribution in [0.2, 0.25) is 0 Å². The van der Waals surface area contributed by atoms with Crippen LogP contribution in [0.25, 0.3) is 5.69 Å². The highest BCUT2D eigenvalue weighted by Crippen LogP contribution is 2.46. The van der Waals surface area contributed by atoms with Crippen molar-refractivity contribution in [1.82, 2.24) is 14.9 Å². The average molecular weight is 475 g/mol. The maximum absolute atomic E-state index is 14.8. The molecule has 0 saturated carbocycles. The first kappa shape index (κ1) is 21.9. The van der Waals surface area contributed by atoms with E-state index in [-0.39, 0.29) is 17.9 Å². The van der Waals surface area contributed by atoms with Crippen molar-refractivity contribution in [1.29, 1.82) is 0 Å². The lowest BCUT2D eigenvalue weighted by molar-refractivity contribution is 0.402. The minimum absolute atomic E-state index is 0.287. The molecule has 5 rings (SSSR count). The van der Waals surface area contributed by atoms with E-state index in [9.17, 15) is 4.39 Å². The smallest absolute Gasteiger partial charge is 0.174 e. The Labute approximate surface area is 202 Å². The SMILES string of the molecule is COc1ccc(OC)c(N2C(=S)N[C@@H](c3ccccn3)[C@H]2c2cccn2-c2ccccc2F)c1. The van der Waals surface area contributed by atoms with Gasteiger partial charge in [-0.05, 0) is 60.7 Å². The molecule has 2 atom stereocenters. The van der Waals surface area contributed by atoms with Crippen molar-refractivity contribution in [2.75, 3.05) is 19.1 Å². The third-order valence-electron chi connectivity index (χ3n) is 5.94. The lowest BCUT2D eigenvalue weighted by atomic mass is 10.0. The van der Waals surface area contributed by atoms with Gasteiger partial charge in [0.15, 0.2) is 5.11 Å². The van der Waals surface area contributed by atoms with E-state index in [1.54, 1.807) is 32.5 Å². The molecule has 1 aliphatic heterocycles. The zero-order valence-electron chi connectivity index (χ0n) is 18.7. The predicted molar refractivity (Wildman–Crippen MR) is 133 cm³/mol. The number of para-hydroxylation sites is 1. The first-order valence-electron chi connectivity index (χ1n) is 10.8. The number of nitrogens with zero attached hydrogens (tertiary/aromatic N) is 3. The summed E-state index contributed by atoms with van der Waals surface area (Å²) in [5, 5.41) is 3.94. The number of thiocarbonyl (C=S) groups is 1. The van der Waals surface area contributed by atoms with Crippen LogP contribution < -0.4 is 19.7 Å². The Morgan fingerprint density at radius 1 is 0.941 bits per heavy atom. The van der Waals surface area contributed by atoms with Crippen LogP contribution in [0.4, 0.5) is 10.1 Å². The normalized spacial score (nSPS) is 17.5. The van der Waals surface area contributed by atoms with Crippen LogP contribution in [0.3, 0.4) is 0 Å². The molecule has 34 heavy (non-hydrogen) atoms. The van der Waals surface area contributed by atoms with Crippen LogP contribution >= 0.6 is 12.2 Å². The Kier molecular flexibility index (Phi) is 5.90. The van der Waals surface area contributed by atoms with Crippen LogP contribution in [-0.2, 0) is 0 Å². The largest absolute Gasteiger partial charge is 0.497 e. The van der Waals surface area contributed by atoms with Crippen LogP contribution in [0.15, 0.2) is 85.2 Å². The van der Waals surface area contributed by atoms with Gasteiger partial charge in [0.2, 0.25) is 0 Å². The van der Waals surface area contributed by atoms with E-state index < -0.39 is 0 Å². The number of benzene rings is 2. The molecular formula is C26H23FN4O2S. The molecule has 2 aromatic heterocycles. The zero-order valence-corrected chi connectivity index (χ0v) is 19.5. The van der Waals surface area contributed by atoms with E-state index in [4.69, 9.17) is 21.7 Å². The Morgan fingerprint density at radius 3 is 2.50 bits per heavy atom. The molecule has 1 N–H and O–H groups in total. The molecule has 0 aliphatic carbocycles.